The Hall–Kier alpha value is -3.87. The fourth-order valence-electron chi connectivity index (χ4n) is 3.77. The number of Topliss-reactive ketones (excluding diaryl/α,β-unsaturated/α-hetero) is 1. The number of methoxy groups -OCH3 is 1. The minimum atomic E-state index is -0.359. The zero-order valence-corrected chi connectivity index (χ0v) is 21.5. The van der Waals surface area contributed by atoms with Crippen LogP contribution in [0.2, 0.25) is 0 Å². The van der Waals surface area contributed by atoms with Crippen molar-refractivity contribution in [2.45, 2.75) is 39.5 Å². The van der Waals surface area contributed by atoms with Crippen LogP contribution in [-0.4, -0.2) is 37.5 Å². The van der Waals surface area contributed by atoms with Gasteiger partial charge in [-0.1, -0.05) is 19.9 Å². The van der Waals surface area contributed by atoms with Crippen molar-refractivity contribution in [3.8, 4) is 5.75 Å². The highest BCUT2D eigenvalue weighted by Crippen LogP contribution is 2.33. The highest BCUT2D eigenvalue weighted by molar-refractivity contribution is 5.99. The Morgan fingerprint density at radius 2 is 1.75 bits per heavy atom. The van der Waals surface area contributed by atoms with E-state index in [4.69, 9.17) is 4.74 Å². The molecule has 0 unspecified atom stereocenters. The van der Waals surface area contributed by atoms with Crippen molar-refractivity contribution < 1.29 is 19.1 Å². The first-order valence-electron chi connectivity index (χ1n) is 12.5. The number of ether oxygens (including phenoxy) is 2. The molecule has 36 heavy (non-hydrogen) atoms. The molecule has 2 N–H and O–H groups in total. The molecule has 3 aromatic rings. The third kappa shape index (κ3) is 7.07. The third-order valence-corrected chi connectivity index (χ3v) is 5.82. The van der Waals surface area contributed by atoms with Gasteiger partial charge < -0.3 is 20.1 Å². The van der Waals surface area contributed by atoms with Gasteiger partial charge in [-0.15, -0.1) is 0 Å². The number of aromatic nitrogens is 1. The van der Waals surface area contributed by atoms with Gasteiger partial charge in [0.2, 0.25) is 0 Å². The minimum absolute atomic E-state index is 0.275. The maximum atomic E-state index is 12.0. The topological polar surface area (TPSA) is 89.5 Å². The van der Waals surface area contributed by atoms with Gasteiger partial charge in [-0.05, 0) is 67.6 Å². The molecule has 5 rings (SSSR count). The number of ketones is 1. The molecule has 0 amide bonds. The lowest BCUT2D eigenvalue weighted by Gasteiger charge is -2.18. The van der Waals surface area contributed by atoms with Crippen LogP contribution in [-0.2, 0) is 11.2 Å². The summed E-state index contributed by atoms with van der Waals surface area (Å²) in [7, 11) is 3.08. The molecule has 7 nitrogen and oxygen atoms in total. The Morgan fingerprint density at radius 3 is 2.42 bits per heavy atom. The maximum Gasteiger partial charge on any atom is 0.340 e. The lowest BCUT2D eigenvalue weighted by atomic mass is 10.1. The molecule has 2 aromatic carbocycles. The highest BCUT2D eigenvalue weighted by atomic mass is 16.5. The summed E-state index contributed by atoms with van der Waals surface area (Å²) >= 11 is 0. The van der Waals surface area contributed by atoms with Crippen LogP contribution in [0.4, 0.5) is 17.1 Å². The Morgan fingerprint density at radius 1 is 1.03 bits per heavy atom. The molecule has 0 spiro atoms. The van der Waals surface area contributed by atoms with Crippen LogP contribution in [0.5, 0.6) is 5.75 Å². The average Bonchev–Trinajstić information content (AvgIpc) is 3.80. The van der Waals surface area contributed by atoms with Crippen molar-refractivity contribution >= 4 is 28.8 Å². The van der Waals surface area contributed by atoms with Crippen LogP contribution in [0.3, 0.4) is 0 Å². The first-order chi connectivity index (χ1) is 17.6. The molecule has 190 valence electrons. The van der Waals surface area contributed by atoms with Gasteiger partial charge in [0.25, 0.3) is 0 Å². The predicted molar refractivity (Wildman–Crippen MR) is 144 cm³/mol. The van der Waals surface area contributed by atoms with Gasteiger partial charge >= 0.3 is 5.97 Å². The van der Waals surface area contributed by atoms with Crippen molar-refractivity contribution in [3.05, 3.63) is 77.6 Å². The third-order valence-electron chi connectivity index (χ3n) is 5.82. The zero-order chi connectivity index (χ0) is 25.9. The van der Waals surface area contributed by atoms with Crippen LogP contribution in [0.25, 0.3) is 0 Å². The van der Waals surface area contributed by atoms with Crippen molar-refractivity contribution in [2.75, 3.05) is 31.4 Å². The number of benzene rings is 2. The van der Waals surface area contributed by atoms with Gasteiger partial charge in [0.05, 0.1) is 31.2 Å². The molecule has 1 fully saturated rings. The summed E-state index contributed by atoms with van der Waals surface area (Å²) in [5.74, 6) is 1.18. The fourth-order valence-corrected chi connectivity index (χ4v) is 3.77. The molecule has 0 saturated heterocycles. The first kappa shape index (κ1) is 26.7. The number of hydrogen-bond donors (Lipinski definition) is 2. The van der Waals surface area contributed by atoms with Crippen molar-refractivity contribution in [3.63, 3.8) is 0 Å². The summed E-state index contributed by atoms with van der Waals surface area (Å²) in [6.45, 7) is 4.80. The molecule has 0 radical (unpaired) electrons. The molecule has 2 heterocycles. The Labute approximate surface area is 213 Å². The van der Waals surface area contributed by atoms with Gasteiger partial charge in [0.1, 0.15) is 5.75 Å². The summed E-state index contributed by atoms with van der Waals surface area (Å²) in [6.07, 6.45) is 7.41. The van der Waals surface area contributed by atoms with Gasteiger partial charge in [0, 0.05) is 42.2 Å². The van der Waals surface area contributed by atoms with E-state index in [9.17, 15) is 9.59 Å². The lowest BCUT2D eigenvalue weighted by molar-refractivity contribution is 0.0601. The number of anilines is 3. The number of pyridine rings is 1. The van der Waals surface area contributed by atoms with E-state index in [1.54, 1.807) is 25.5 Å². The number of aryl methyl sites for hydroxylation is 1. The number of rotatable bonds is 6. The standard InChI is InChI=1S/C19H19NO2.C8H10N2O2.C2H6/c21-19(14-3-4-14)15-6-8-16(9-7-15)20-17-10-5-13-2-1-11-22-18(13)12-17;1-9-7-5-10-4-3-6(7)8(11)12-2;1-2/h5-10,12,14,20H,1-4,11H2;3-5,9H,1-2H3;1-2H3. The minimum Gasteiger partial charge on any atom is -0.493 e. The second kappa shape index (κ2) is 13.3. The normalized spacial score (nSPS) is 13.3. The molecule has 0 bridgehead atoms. The molecule has 1 aromatic heterocycles. The molecule has 1 aliphatic carbocycles. The highest BCUT2D eigenvalue weighted by Gasteiger charge is 2.30. The van der Waals surface area contributed by atoms with Gasteiger partial charge in [-0.25, -0.2) is 4.79 Å². The SMILES string of the molecule is CC.CNc1cnccc1C(=O)OC.O=C(c1ccc(Nc2ccc3c(c2)OCCC3)cc1)C1CC1. The van der Waals surface area contributed by atoms with Crippen molar-refractivity contribution in [2.24, 2.45) is 5.92 Å². The van der Waals surface area contributed by atoms with Crippen molar-refractivity contribution in [1.82, 2.24) is 4.98 Å². The van der Waals surface area contributed by atoms with E-state index in [0.29, 0.717) is 11.3 Å². The van der Waals surface area contributed by atoms with Crippen LogP contribution < -0.4 is 15.4 Å². The molecule has 0 atom stereocenters. The largest absolute Gasteiger partial charge is 0.493 e. The second-order valence-corrected chi connectivity index (χ2v) is 8.28. The van der Waals surface area contributed by atoms with E-state index in [2.05, 4.69) is 38.6 Å². The Kier molecular flexibility index (Phi) is 9.86. The molecule has 2 aliphatic rings. The fraction of sp³-hybridized carbons (Fsp3) is 0.345. The van der Waals surface area contributed by atoms with E-state index < -0.39 is 0 Å². The number of nitrogens with one attached hydrogen (secondary N) is 2. The summed E-state index contributed by atoms with van der Waals surface area (Å²) in [5, 5.41) is 6.22. The smallest absolute Gasteiger partial charge is 0.340 e. The average molecular weight is 490 g/mol. The van der Waals surface area contributed by atoms with Crippen LogP contribution in [0.1, 0.15) is 59.4 Å². The van der Waals surface area contributed by atoms with E-state index in [1.165, 1.54) is 12.7 Å². The maximum absolute atomic E-state index is 12.0. The molecule has 1 saturated carbocycles. The quantitative estimate of drug-likeness (QED) is 0.311. The van der Waals surface area contributed by atoms with Crippen LogP contribution in [0, 0.1) is 5.92 Å². The number of fused-ring (bicyclic) bond motifs is 1. The number of carbonyl (C=O) groups excluding carboxylic acids is 2. The Balaban J connectivity index is 0.000000220. The van der Waals surface area contributed by atoms with E-state index in [1.807, 2.05) is 38.1 Å². The zero-order valence-electron chi connectivity index (χ0n) is 21.5. The lowest BCUT2D eigenvalue weighted by Crippen LogP contribution is -2.08. The Bertz CT molecular complexity index is 1160. The number of nitrogens with zero attached hydrogens (tertiary/aromatic N) is 1. The molecular formula is C29H35N3O4. The molecular weight excluding hydrogens is 454 g/mol. The van der Waals surface area contributed by atoms with Gasteiger partial charge in [-0.2, -0.15) is 0 Å². The number of esters is 1. The summed E-state index contributed by atoms with van der Waals surface area (Å²) in [5.41, 5.74) is 5.27. The van der Waals surface area contributed by atoms with E-state index in [0.717, 1.165) is 55.0 Å². The predicted octanol–water partition coefficient (Wildman–Crippen LogP) is 6.28. The molecule has 1 aliphatic heterocycles. The van der Waals surface area contributed by atoms with Crippen LogP contribution >= 0.6 is 0 Å². The molecule has 7 heteroatoms. The summed E-state index contributed by atoms with van der Waals surface area (Å²) < 4.78 is 10.3. The second-order valence-electron chi connectivity index (χ2n) is 8.28. The summed E-state index contributed by atoms with van der Waals surface area (Å²) in [6, 6.07) is 15.6. The summed E-state index contributed by atoms with van der Waals surface area (Å²) in [4.78, 5) is 27.0. The van der Waals surface area contributed by atoms with E-state index in [-0.39, 0.29) is 17.7 Å². The van der Waals surface area contributed by atoms with Gasteiger partial charge in [0.15, 0.2) is 5.78 Å². The first-order valence-corrected chi connectivity index (χ1v) is 12.5. The number of carbonyl (C=O) groups is 2. The van der Waals surface area contributed by atoms with Crippen molar-refractivity contribution in [1.29, 1.82) is 0 Å². The van der Waals surface area contributed by atoms with E-state index >= 15 is 0 Å². The van der Waals surface area contributed by atoms with Crippen LogP contribution in [0.15, 0.2) is 60.9 Å². The van der Waals surface area contributed by atoms with Gasteiger partial charge in [-0.3, -0.25) is 9.78 Å². The number of hydrogen-bond acceptors (Lipinski definition) is 7. The monoisotopic (exact) mass is 489 g/mol.